The first-order valence-corrected chi connectivity index (χ1v) is 8.98. The number of piperazine rings is 1. The maximum absolute atomic E-state index is 3.78. The maximum Gasteiger partial charge on any atom is 0.0334 e. The van der Waals surface area contributed by atoms with Crippen LogP contribution in [-0.4, -0.2) is 35.6 Å². The third kappa shape index (κ3) is 4.21. The second kappa shape index (κ2) is 6.79. The van der Waals surface area contributed by atoms with Crippen LogP contribution in [0.15, 0.2) is 0 Å². The molecule has 20 heavy (non-hydrogen) atoms. The first kappa shape index (κ1) is 16.3. The molecule has 1 saturated carbocycles. The zero-order chi connectivity index (χ0) is 14.6. The highest BCUT2D eigenvalue weighted by molar-refractivity contribution is 5.06. The molecular weight excluding hydrogens is 244 g/mol. The van der Waals surface area contributed by atoms with Crippen LogP contribution >= 0.6 is 0 Å². The summed E-state index contributed by atoms with van der Waals surface area (Å²) in [6.45, 7) is 13.2. The fraction of sp³-hybridized carbons (Fsp3) is 1.00. The van der Waals surface area contributed by atoms with E-state index in [1.807, 2.05) is 0 Å². The molecule has 2 fully saturated rings. The van der Waals surface area contributed by atoms with Crippen molar-refractivity contribution in [3.63, 3.8) is 0 Å². The highest BCUT2D eigenvalue weighted by atomic mass is 15.3. The van der Waals surface area contributed by atoms with Crippen LogP contribution in [0, 0.1) is 5.92 Å². The molecule has 2 heteroatoms. The first-order valence-electron chi connectivity index (χ1n) is 8.98. The van der Waals surface area contributed by atoms with E-state index in [0.29, 0.717) is 5.54 Å². The normalized spacial score (nSPS) is 30.6. The summed E-state index contributed by atoms with van der Waals surface area (Å²) in [5, 5.41) is 3.78. The summed E-state index contributed by atoms with van der Waals surface area (Å²) in [5.74, 6) is 0.950. The molecule has 118 valence electrons. The third-order valence-corrected chi connectivity index (χ3v) is 5.47. The number of unbranched alkanes of at least 4 members (excludes halogenated alkanes) is 5. The summed E-state index contributed by atoms with van der Waals surface area (Å²) in [5.41, 5.74) is 0.718. The standard InChI is InChI=1S/C18H36N2/c1-5-6-7-8-9-10-13-20-15-17(2,3)19-14-18(20,4)16-11-12-16/h16,19H,5-15H2,1-4H3. The monoisotopic (exact) mass is 280 g/mol. The third-order valence-electron chi connectivity index (χ3n) is 5.47. The molecule has 0 aromatic rings. The van der Waals surface area contributed by atoms with Gasteiger partial charge in [0.2, 0.25) is 0 Å². The molecule has 0 amide bonds. The molecule has 0 aromatic carbocycles. The molecule has 0 spiro atoms. The SMILES string of the molecule is CCCCCCCCN1CC(C)(C)NCC1(C)C1CC1. The van der Waals surface area contributed by atoms with E-state index in [-0.39, 0.29) is 5.54 Å². The number of hydrogen-bond acceptors (Lipinski definition) is 2. The molecule has 0 bridgehead atoms. The molecule has 2 aliphatic rings. The van der Waals surface area contributed by atoms with Gasteiger partial charge in [-0.05, 0) is 52.5 Å². The lowest BCUT2D eigenvalue weighted by Gasteiger charge is -2.52. The number of rotatable bonds is 8. The lowest BCUT2D eigenvalue weighted by atomic mass is 9.86. The average molecular weight is 281 g/mol. The van der Waals surface area contributed by atoms with Gasteiger partial charge < -0.3 is 5.32 Å². The minimum Gasteiger partial charge on any atom is -0.309 e. The van der Waals surface area contributed by atoms with Gasteiger partial charge in [-0.2, -0.15) is 0 Å². The smallest absolute Gasteiger partial charge is 0.0334 e. The van der Waals surface area contributed by atoms with Crippen molar-refractivity contribution >= 4 is 0 Å². The van der Waals surface area contributed by atoms with E-state index in [4.69, 9.17) is 0 Å². The van der Waals surface area contributed by atoms with Crippen LogP contribution in [-0.2, 0) is 0 Å². The molecule has 0 radical (unpaired) electrons. The van der Waals surface area contributed by atoms with Crippen LogP contribution in [0.2, 0.25) is 0 Å². The lowest BCUT2D eigenvalue weighted by molar-refractivity contribution is 0.0107. The van der Waals surface area contributed by atoms with Gasteiger partial charge in [-0.25, -0.2) is 0 Å². The molecule has 2 rings (SSSR count). The van der Waals surface area contributed by atoms with E-state index >= 15 is 0 Å². The number of nitrogens with one attached hydrogen (secondary N) is 1. The van der Waals surface area contributed by atoms with Gasteiger partial charge in [0.05, 0.1) is 0 Å². The predicted molar refractivity (Wildman–Crippen MR) is 88.2 cm³/mol. The quantitative estimate of drug-likeness (QED) is 0.670. The summed E-state index contributed by atoms with van der Waals surface area (Å²) in [6, 6.07) is 0. The Labute approximate surface area is 126 Å². The Kier molecular flexibility index (Phi) is 5.53. The minimum atomic E-state index is 0.288. The Balaban J connectivity index is 1.78. The topological polar surface area (TPSA) is 15.3 Å². The summed E-state index contributed by atoms with van der Waals surface area (Å²) < 4.78 is 0. The molecule has 1 aliphatic heterocycles. The summed E-state index contributed by atoms with van der Waals surface area (Å²) in [4.78, 5) is 2.82. The highest BCUT2D eigenvalue weighted by Crippen LogP contribution is 2.44. The fourth-order valence-electron chi connectivity index (χ4n) is 3.77. The van der Waals surface area contributed by atoms with Gasteiger partial charge >= 0.3 is 0 Å². The molecule has 1 aliphatic carbocycles. The Bertz CT molecular complexity index is 296. The number of hydrogen-bond donors (Lipinski definition) is 1. The second-order valence-electron chi connectivity index (χ2n) is 8.06. The minimum absolute atomic E-state index is 0.288. The fourth-order valence-corrected chi connectivity index (χ4v) is 3.77. The van der Waals surface area contributed by atoms with Crippen LogP contribution in [0.25, 0.3) is 0 Å². The maximum atomic E-state index is 3.78. The number of nitrogens with zero attached hydrogens (tertiary/aromatic N) is 1. The van der Waals surface area contributed by atoms with Gasteiger partial charge in [0.25, 0.3) is 0 Å². The summed E-state index contributed by atoms with van der Waals surface area (Å²) in [7, 11) is 0. The van der Waals surface area contributed by atoms with Crippen LogP contribution in [0.4, 0.5) is 0 Å². The van der Waals surface area contributed by atoms with Gasteiger partial charge in [0, 0.05) is 24.2 Å². The Morgan fingerprint density at radius 3 is 2.30 bits per heavy atom. The molecule has 1 atom stereocenters. The van der Waals surface area contributed by atoms with Crippen molar-refractivity contribution in [2.75, 3.05) is 19.6 Å². The van der Waals surface area contributed by atoms with Crippen molar-refractivity contribution in [3.8, 4) is 0 Å². The zero-order valence-electron chi connectivity index (χ0n) is 14.3. The van der Waals surface area contributed by atoms with Gasteiger partial charge in [0.15, 0.2) is 0 Å². The molecule has 1 saturated heterocycles. The predicted octanol–water partition coefficient (Wildman–Crippen LogP) is 4.20. The summed E-state index contributed by atoms with van der Waals surface area (Å²) >= 11 is 0. The largest absolute Gasteiger partial charge is 0.309 e. The van der Waals surface area contributed by atoms with Gasteiger partial charge in [-0.15, -0.1) is 0 Å². The zero-order valence-corrected chi connectivity index (χ0v) is 14.3. The van der Waals surface area contributed by atoms with Gasteiger partial charge in [-0.1, -0.05) is 39.0 Å². The molecule has 1 unspecified atom stereocenters. The first-order chi connectivity index (χ1) is 9.48. The van der Waals surface area contributed by atoms with E-state index in [0.717, 1.165) is 5.92 Å². The van der Waals surface area contributed by atoms with Crippen molar-refractivity contribution in [1.29, 1.82) is 0 Å². The van der Waals surface area contributed by atoms with Crippen molar-refractivity contribution in [1.82, 2.24) is 10.2 Å². The summed E-state index contributed by atoms with van der Waals surface area (Å²) in [6.07, 6.45) is 11.4. The molecule has 1 N–H and O–H groups in total. The second-order valence-corrected chi connectivity index (χ2v) is 8.06. The van der Waals surface area contributed by atoms with Gasteiger partial charge in [-0.3, -0.25) is 4.90 Å². The van der Waals surface area contributed by atoms with Crippen molar-refractivity contribution in [3.05, 3.63) is 0 Å². The Morgan fingerprint density at radius 1 is 1.00 bits per heavy atom. The van der Waals surface area contributed by atoms with Crippen LogP contribution < -0.4 is 5.32 Å². The Hall–Kier alpha value is -0.0800. The average Bonchev–Trinajstić information content (AvgIpc) is 3.22. The van der Waals surface area contributed by atoms with E-state index in [9.17, 15) is 0 Å². The molecule has 0 aromatic heterocycles. The van der Waals surface area contributed by atoms with Crippen molar-refractivity contribution < 1.29 is 0 Å². The van der Waals surface area contributed by atoms with Crippen LogP contribution in [0.1, 0.15) is 79.1 Å². The lowest BCUT2D eigenvalue weighted by Crippen LogP contribution is -2.68. The molecule has 2 nitrogen and oxygen atoms in total. The van der Waals surface area contributed by atoms with E-state index in [1.165, 1.54) is 71.0 Å². The van der Waals surface area contributed by atoms with E-state index in [2.05, 4.69) is 37.9 Å². The molecule has 1 heterocycles. The van der Waals surface area contributed by atoms with Crippen molar-refractivity contribution in [2.24, 2.45) is 5.92 Å². The van der Waals surface area contributed by atoms with E-state index < -0.39 is 0 Å². The van der Waals surface area contributed by atoms with Crippen LogP contribution in [0.5, 0.6) is 0 Å². The van der Waals surface area contributed by atoms with Crippen LogP contribution in [0.3, 0.4) is 0 Å². The Morgan fingerprint density at radius 2 is 1.65 bits per heavy atom. The molecular formula is C18H36N2. The highest BCUT2D eigenvalue weighted by Gasteiger charge is 2.49. The van der Waals surface area contributed by atoms with Crippen molar-refractivity contribution in [2.45, 2.75) is 90.1 Å². The van der Waals surface area contributed by atoms with E-state index in [1.54, 1.807) is 0 Å². The van der Waals surface area contributed by atoms with Gasteiger partial charge in [0.1, 0.15) is 0 Å².